The van der Waals surface area contributed by atoms with Crippen LogP contribution in [0.5, 0.6) is 0 Å². The maximum Gasteiger partial charge on any atom is 0.334 e. The number of amides is 2. The van der Waals surface area contributed by atoms with E-state index in [1.54, 1.807) is 24.3 Å². The number of aliphatic hydroxyl groups excluding tert-OH is 2. The van der Waals surface area contributed by atoms with Crippen molar-refractivity contribution >= 4 is 17.8 Å². The first kappa shape index (κ1) is 36.4. The van der Waals surface area contributed by atoms with E-state index in [9.17, 15) is 29.7 Å². The van der Waals surface area contributed by atoms with E-state index < -0.39 is 48.1 Å². The number of benzene rings is 4. The van der Waals surface area contributed by atoms with Crippen molar-refractivity contribution < 1.29 is 34.5 Å². The van der Waals surface area contributed by atoms with Crippen LogP contribution in [0, 0.1) is 5.92 Å². The van der Waals surface area contributed by atoms with Crippen molar-refractivity contribution in [1.82, 2.24) is 16.1 Å². The highest BCUT2D eigenvalue weighted by molar-refractivity contribution is 5.90. The zero-order valence-corrected chi connectivity index (χ0v) is 28.2. The van der Waals surface area contributed by atoms with Crippen molar-refractivity contribution in [2.24, 2.45) is 5.92 Å². The highest BCUT2D eigenvalue weighted by atomic mass is 16.6. The van der Waals surface area contributed by atoms with Gasteiger partial charge in [-0.05, 0) is 58.6 Å². The Balaban J connectivity index is 1.29. The van der Waals surface area contributed by atoms with Crippen molar-refractivity contribution in [2.45, 2.75) is 69.4 Å². The fourth-order valence-corrected chi connectivity index (χ4v) is 6.47. The zero-order valence-electron chi connectivity index (χ0n) is 28.2. The molecule has 262 valence electrons. The van der Waals surface area contributed by atoms with E-state index in [-0.39, 0.29) is 37.7 Å². The molecule has 0 fully saturated rings. The van der Waals surface area contributed by atoms with Gasteiger partial charge in [0, 0.05) is 5.92 Å². The van der Waals surface area contributed by atoms with Gasteiger partial charge in [-0.3, -0.25) is 9.59 Å². The second kappa shape index (κ2) is 17.2. The van der Waals surface area contributed by atoms with E-state index in [4.69, 9.17) is 4.84 Å². The number of carboxylic acids is 1. The largest absolute Gasteiger partial charge is 0.479 e. The minimum atomic E-state index is -1.88. The molecule has 10 nitrogen and oxygen atoms in total. The predicted octanol–water partition coefficient (Wildman–Crippen LogP) is 4.00. The fourth-order valence-electron chi connectivity index (χ4n) is 6.47. The Morgan fingerprint density at radius 1 is 0.660 bits per heavy atom. The molecule has 1 aliphatic carbocycles. The first-order chi connectivity index (χ1) is 24.1. The molecule has 4 aromatic carbocycles. The molecule has 0 bridgehead atoms. The van der Waals surface area contributed by atoms with Crippen molar-refractivity contribution in [3.63, 3.8) is 0 Å². The molecule has 5 atom stereocenters. The molecule has 0 unspecified atom stereocenters. The van der Waals surface area contributed by atoms with Gasteiger partial charge in [-0.1, -0.05) is 123 Å². The third-order valence-corrected chi connectivity index (χ3v) is 9.00. The summed E-state index contributed by atoms with van der Waals surface area (Å²) < 4.78 is 0. The first-order valence-electron chi connectivity index (χ1n) is 17.0. The molecule has 5 rings (SSSR count). The monoisotopic (exact) mass is 679 g/mol. The second-order valence-corrected chi connectivity index (χ2v) is 13.2. The van der Waals surface area contributed by atoms with Crippen molar-refractivity contribution in [3.8, 4) is 11.1 Å². The number of hydrogen-bond donors (Lipinski definition) is 6. The molecular weight excluding hydrogens is 634 g/mol. The Morgan fingerprint density at radius 2 is 1.16 bits per heavy atom. The number of hydrogen-bond acceptors (Lipinski definition) is 7. The number of carboxylic acid groups (broad SMARTS) is 1. The quantitative estimate of drug-likeness (QED) is 0.0915. The average Bonchev–Trinajstić information content (AvgIpc) is 3.44. The number of aliphatic hydroxyl groups is 2. The molecule has 0 spiro atoms. The third kappa shape index (κ3) is 9.22. The summed E-state index contributed by atoms with van der Waals surface area (Å²) in [7, 11) is 0. The summed E-state index contributed by atoms with van der Waals surface area (Å²) in [4.78, 5) is 45.0. The molecule has 50 heavy (non-hydrogen) atoms. The number of carbonyl (C=O) groups is 3. The van der Waals surface area contributed by atoms with Crippen LogP contribution in [-0.4, -0.2) is 70.0 Å². The number of aliphatic carboxylic acids is 1. The lowest BCUT2D eigenvalue weighted by Gasteiger charge is -2.28. The van der Waals surface area contributed by atoms with Gasteiger partial charge in [0.15, 0.2) is 12.2 Å². The summed E-state index contributed by atoms with van der Waals surface area (Å²) in [5, 5.41) is 36.8. The van der Waals surface area contributed by atoms with Gasteiger partial charge >= 0.3 is 5.97 Å². The van der Waals surface area contributed by atoms with Crippen molar-refractivity contribution in [2.75, 3.05) is 6.61 Å². The fraction of sp³-hybridized carbons (Fsp3) is 0.325. The molecule has 0 saturated carbocycles. The Hall–Kier alpha value is -4.87. The van der Waals surface area contributed by atoms with Gasteiger partial charge < -0.3 is 30.8 Å². The van der Waals surface area contributed by atoms with Crippen LogP contribution < -0.4 is 16.1 Å². The summed E-state index contributed by atoms with van der Waals surface area (Å²) in [5.74, 6) is -3.03. The lowest BCUT2D eigenvalue weighted by Crippen LogP contribution is -2.58. The van der Waals surface area contributed by atoms with Crippen LogP contribution in [0.15, 0.2) is 109 Å². The van der Waals surface area contributed by atoms with Crippen LogP contribution in [0.25, 0.3) is 11.1 Å². The van der Waals surface area contributed by atoms with E-state index in [0.29, 0.717) is 0 Å². The second-order valence-electron chi connectivity index (χ2n) is 13.2. The Morgan fingerprint density at radius 3 is 1.68 bits per heavy atom. The minimum absolute atomic E-state index is 0.0427. The van der Waals surface area contributed by atoms with Gasteiger partial charge in [-0.2, -0.15) is 5.48 Å². The van der Waals surface area contributed by atoms with Crippen LogP contribution in [-0.2, 0) is 32.1 Å². The van der Waals surface area contributed by atoms with E-state index in [2.05, 4.69) is 40.4 Å². The van der Waals surface area contributed by atoms with Gasteiger partial charge in [-0.15, -0.1) is 0 Å². The Labute approximate surface area is 292 Å². The third-order valence-electron chi connectivity index (χ3n) is 9.00. The average molecular weight is 680 g/mol. The molecule has 10 heteroatoms. The lowest BCUT2D eigenvalue weighted by molar-refractivity contribution is -0.149. The maximum atomic E-state index is 13.7. The molecule has 0 aromatic heterocycles. The van der Waals surface area contributed by atoms with E-state index >= 15 is 0 Å². The molecular formula is C40H45N3O7. The normalized spacial score (nSPS) is 15.3. The van der Waals surface area contributed by atoms with Crippen LogP contribution in [0.3, 0.4) is 0 Å². The molecule has 6 N–H and O–H groups in total. The van der Waals surface area contributed by atoms with Gasteiger partial charge in [0.25, 0.3) is 5.91 Å². The molecule has 0 aliphatic heterocycles. The van der Waals surface area contributed by atoms with Crippen LogP contribution in [0.1, 0.15) is 48.4 Å². The SMILES string of the molecule is CC(C)C[C@H](NC(=O)[C@@H](O)[C@@H](Cc1ccccc1)NOCC1c2ccccc2-c2ccccc21)C(=O)N[C@H](Cc1ccccc1)[C@H](O)C(=O)O. The van der Waals surface area contributed by atoms with E-state index in [0.717, 1.165) is 33.4 Å². The first-order valence-corrected chi connectivity index (χ1v) is 17.0. The number of rotatable bonds is 17. The molecule has 4 aromatic rings. The Kier molecular flexibility index (Phi) is 12.5. The molecule has 0 radical (unpaired) electrons. The molecule has 0 heterocycles. The summed E-state index contributed by atoms with van der Waals surface area (Å²) in [6.07, 6.45) is -2.99. The predicted molar refractivity (Wildman–Crippen MR) is 190 cm³/mol. The van der Waals surface area contributed by atoms with Gasteiger partial charge in [0.05, 0.1) is 18.7 Å². The molecule has 2 amide bonds. The smallest absolute Gasteiger partial charge is 0.334 e. The summed E-state index contributed by atoms with van der Waals surface area (Å²) in [6, 6.07) is 31.5. The van der Waals surface area contributed by atoms with Crippen LogP contribution in [0.2, 0.25) is 0 Å². The molecule has 1 aliphatic rings. The highest BCUT2D eigenvalue weighted by Crippen LogP contribution is 2.44. The molecule has 0 saturated heterocycles. The van der Waals surface area contributed by atoms with E-state index in [1.807, 2.05) is 74.5 Å². The van der Waals surface area contributed by atoms with E-state index in [1.165, 1.54) is 0 Å². The van der Waals surface area contributed by atoms with Gasteiger partial charge in [0.2, 0.25) is 5.91 Å². The van der Waals surface area contributed by atoms with Crippen LogP contribution >= 0.6 is 0 Å². The standard InChI is InChI=1S/C40H45N3O7/c1-25(2)21-35(38(46)41-33(37(45)40(48)49)22-26-13-5-3-6-14-26)42-39(47)36(44)34(23-27-15-7-4-8-16-27)43-50-24-32-30-19-11-9-17-28(30)29-18-10-12-20-31(29)32/h3-20,25,32-37,43-45H,21-24H2,1-2H3,(H,41,46)(H,42,47)(H,48,49)/t33-,34-,35+,36+,37+/m1/s1. The highest BCUT2D eigenvalue weighted by Gasteiger charge is 2.34. The number of carbonyl (C=O) groups excluding carboxylic acids is 2. The summed E-state index contributed by atoms with van der Waals surface area (Å²) in [5.41, 5.74) is 9.10. The van der Waals surface area contributed by atoms with Gasteiger partial charge in [0.1, 0.15) is 6.04 Å². The number of hydroxylamine groups is 1. The van der Waals surface area contributed by atoms with Crippen LogP contribution in [0.4, 0.5) is 0 Å². The zero-order chi connectivity index (χ0) is 35.6. The summed E-state index contributed by atoms with van der Waals surface area (Å²) in [6.45, 7) is 4.01. The van der Waals surface area contributed by atoms with Gasteiger partial charge in [-0.25, -0.2) is 4.79 Å². The minimum Gasteiger partial charge on any atom is -0.479 e. The lowest BCUT2D eigenvalue weighted by atomic mass is 9.97. The Bertz CT molecular complexity index is 1690. The number of nitrogens with one attached hydrogen (secondary N) is 3. The topological polar surface area (TPSA) is 157 Å². The van der Waals surface area contributed by atoms with Crippen molar-refractivity contribution in [1.29, 1.82) is 0 Å². The van der Waals surface area contributed by atoms with Crippen molar-refractivity contribution in [3.05, 3.63) is 131 Å². The number of fused-ring (bicyclic) bond motifs is 3. The summed E-state index contributed by atoms with van der Waals surface area (Å²) >= 11 is 0. The maximum absolute atomic E-state index is 13.7.